The van der Waals surface area contributed by atoms with Crippen LogP contribution in [0.3, 0.4) is 0 Å². The number of amides is 1. The quantitative estimate of drug-likeness (QED) is 0.930. The second-order valence-electron chi connectivity index (χ2n) is 6.66. The first-order chi connectivity index (χ1) is 12.3. The third-order valence-electron chi connectivity index (χ3n) is 4.83. The number of carbonyl (C=O) groups is 1. The second-order valence-corrected chi connectivity index (χ2v) is 6.66. The molecule has 2 aliphatic heterocycles. The van der Waals surface area contributed by atoms with Crippen LogP contribution in [-0.2, 0) is 13.0 Å². The molecule has 0 unspecified atom stereocenters. The number of rotatable bonds is 4. The number of carbonyl (C=O) groups excluding carboxylic acids is 1. The molecular weight excluding hydrogens is 314 g/mol. The number of aromatic nitrogens is 1. The van der Waals surface area contributed by atoms with Gasteiger partial charge in [-0.2, -0.15) is 0 Å². The lowest BCUT2D eigenvalue weighted by molar-refractivity contribution is 0.0724. The van der Waals surface area contributed by atoms with Gasteiger partial charge in [0.1, 0.15) is 18.2 Å². The Balaban J connectivity index is 1.42. The van der Waals surface area contributed by atoms with Gasteiger partial charge in [0.25, 0.3) is 5.91 Å². The van der Waals surface area contributed by atoms with Crippen molar-refractivity contribution in [2.45, 2.75) is 32.3 Å². The number of likely N-dealkylation sites (tertiary alicyclic amines) is 1. The molecule has 2 aromatic rings. The van der Waals surface area contributed by atoms with E-state index in [-0.39, 0.29) is 5.91 Å². The summed E-state index contributed by atoms with van der Waals surface area (Å²) in [5, 5.41) is 3.28. The van der Waals surface area contributed by atoms with Gasteiger partial charge in [0.05, 0.1) is 5.69 Å². The molecule has 1 fully saturated rings. The number of piperidine rings is 1. The number of fused-ring (bicyclic) bond motifs is 1. The summed E-state index contributed by atoms with van der Waals surface area (Å²) < 4.78 is 5.87. The minimum absolute atomic E-state index is 0.102. The maximum Gasteiger partial charge on any atom is 0.253 e. The molecule has 4 rings (SSSR count). The summed E-state index contributed by atoms with van der Waals surface area (Å²) in [7, 11) is 0. The van der Waals surface area contributed by atoms with E-state index in [1.165, 1.54) is 12.0 Å². The summed E-state index contributed by atoms with van der Waals surface area (Å²) >= 11 is 0. The van der Waals surface area contributed by atoms with E-state index in [0.29, 0.717) is 17.9 Å². The Morgan fingerprint density at radius 1 is 1.16 bits per heavy atom. The van der Waals surface area contributed by atoms with Gasteiger partial charge < -0.3 is 15.0 Å². The smallest absolute Gasteiger partial charge is 0.253 e. The van der Waals surface area contributed by atoms with Crippen molar-refractivity contribution in [3.63, 3.8) is 0 Å². The number of anilines is 1. The standard InChI is InChI=1S/C20H23N3O2/c24-20(23-11-2-1-3-12-23)16-5-4-6-18(13-16)25-14-17-8-7-15-9-10-21-19(15)22-17/h4-8,13H,1-3,9-12,14H2,(H,21,22). The number of nitrogens with one attached hydrogen (secondary N) is 1. The molecule has 0 aliphatic carbocycles. The fraction of sp³-hybridized carbons (Fsp3) is 0.400. The Bertz CT molecular complexity index is 769. The fourth-order valence-electron chi connectivity index (χ4n) is 3.43. The van der Waals surface area contributed by atoms with E-state index in [0.717, 1.165) is 50.4 Å². The summed E-state index contributed by atoms with van der Waals surface area (Å²) in [6, 6.07) is 11.6. The van der Waals surface area contributed by atoms with E-state index in [1.54, 1.807) is 0 Å². The molecule has 3 heterocycles. The second kappa shape index (κ2) is 7.13. The Morgan fingerprint density at radius 3 is 2.92 bits per heavy atom. The minimum atomic E-state index is 0.102. The van der Waals surface area contributed by atoms with Crippen LogP contribution < -0.4 is 10.1 Å². The van der Waals surface area contributed by atoms with Crippen molar-refractivity contribution < 1.29 is 9.53 Å². The normalized spacial score (nSPS) is 16.2. The highest BCUT2D eigenvalue weighted by Gasteiger charge is 2.18. The summed E-state index contributed by atoms with van der Waals surface area (Å²) in [6.07, 6.45) is 4.44. The zero-order valence-electron chi connectivity index (χ0n) is 14.3. The van der Waals surface area contributed by atoms with E-state index in [2.05, 4.69) is 16.4 Å². The lowest BCUT2D eigenvalue weighted by atomic mass is 10.1. The molecule has 0 saturated carbocycles. The van der Waals surface area contributed by atoms with Gasteiger partial charge in [-0.05, 0) is 55.5 Å². The van der Waals surface area contributed by atoms with Crippen molar-refractivity contribution in [2.75, 3.05) is 25.0 Å². The number of benzene rings is 1. The van der Waals surface area contributed by atoms with Crippen LogP contribution in [0.25, 0.3) is 0 Å². The van der Waals surface area contributed by atoms with Gasteiger partial charge in [0, 0.05) is 25.2 Å². The Labute approximate surface area is 148 Å². The highest BCUT2D eigenvalue weighted by molar-refractivity contribution is 5.94. The van der Waals surface area contributed by atoms with Gasteiger partial charge >= 0.3 is 0 Å². The summed E-state index contributed by atoms with van der Waals surface area (Å²) in [5.74, 6) is 1.78. The molecule has 0 atom stereocenters. The summed E-state index contributed by atoms with van der Waals surface area (Å²) in [5.41, 5.74) is 2.85. The third-order valence-corrected chi connectivity index (χ3v) is 4.83. The van der Waals surface area contributed by atoms with Gasteiger partial charge in [-0.15, -0.1) is 0 Å². The zero-order chi connectivity index (χ0) is 17.1. The van der Waals surface area contributed by atoms with Crippen LogP contribution in [0, 0.1) is 0 Å². The maximum atomic E-state index is 12.6. The lowest BCUT2D eigenvalue weighted by Crippen LogP contribution is -2.35. The van der Waals surface area contributed by atoms with E-state index >= 15 is 0 Å². The van der Waals surface area contributed by atoms with Crippen LogP contribution in [0.1, 0.15) is 40.9 Å². The SMILES string of the molecule is O=C(c1cccc(OCc2ccc3c(n2)NCC3)c1)N1CCCCC1. The van der Waals surface area contributed by atoms with E-state index in [9.17, 15) is 4.79 Å². The van der Waals surface area contributed by atoms with Crippen molar-refractivity contribution in [1.82, 2.24) is 9.88 Å². The molecule has 2 aliphatic rings. The predicted octanol–water partition coefficient (Wildman–Crippen LogP) is 3.25. The molecular formula is C20H23N3O2. The molecule has 1 aromatic heterocycles. The highest BCUT2D eigenvalue weighted by atomic mass is 16.5. The molecule has 5 heteroatoms. The monoisotopic (exact) mass is 337 g/mol. The van der Waals surface area contributed by atoms with Crippen LogP contribution in [-0.4, -0.2) is 35.4 Å². The zero-order valence-corrected chi connectivity index (χ0v) is 14.3. The van der Waals surface area contributed by atoms with Crippen LogP contribution in [0.4, 0.5) is 5.82 Å². The molecule has 1 saturated heterocycles. The molecule has 0 bridgehead atoms. The van der Waals surface area contributed by atoms with Crippen LogP contribution in [0.2, 0.25) is 0 Å². The number of hydrogen-bond acceptors (Lipinski definition) is 4. The molecule has 5 nitrogen and oxygen atoms in total. The van der Waals surface area contributed by atoms with Crippen molar-refractivity contribution in [1.29, 1.82) is 0 Å². The molecule has 1 aromatic carbocycles. The number of nitrogens with zero attached hydrogens (tertiary/aromatic N) is 2. The van der Waals surface area contributed by atoms with Gasteiger partial charge in [-0.1, -0.05) is 12.1 Å². The lowest BCUT2D eigenvalue weighted by Gasteiger charge is -2.26. The van der Waals surface area contributed by atoms with Crippen LogP contribution >= 0.6 is 0 Å². The Morgan fingerprint density at radius 2 is 2.04 bits per heavy atom. The molecule has 0 spiro atoms. The predicted molar refractivity (Wildman–Crippen MR) is 97.0 cm³/mol. The molecule has 25 heavy (non-hydrogen) atoms. The molecule has 0 radical (unpaired) electrons. The first-order valence-electron chi connectivity index (χ1n) is 9.04. The third kappa shape index (κ3) is 3.60. The number of ether oxygens (including phenoxy) is 1. The number of hydrogen-bond donors (Lipinski definition) is 1. The molecule has 1 N–H and O–H groups in total. The minimum Gasteiger partial charge on any atom is -0.487 e. The highest BCUT2D eigenvalue weighted by Crippen LogP contribution is 2.21. The molecule has 130 valence electrons. The first-order valence-corrected chi connectivity index (χ1v) is 9.04. The Kier molecular flexibility index (Phi) is 4.55. The first kappa shape index (κ1) is 15.9. The van der Waals surface area contributed by atoms with Gasteiger partial charge in [-0.25, -0.2) is 4.98 Å². The van der Waals surface area contributed by atoms with Crippen LogP contribution in [0.5, 0.6) is 5.75 Å². The van der Waals surface area contributed by atoms with Crippen molar-refractivity contribution in [3.05, 3.63) is 53.2 Å². The molecule has 1 amide bonds. The largest absolute Gasteiger partial charge is 0.487 e. The van der Waals surface area contributed by atoms with Crippen molar-refractivity contribution >= 4 is 11.7 Å². The summed E-state index contributed by atoms with van der Waals surface area (Å²) in [6.45, 7) is 3.07. The average molecular weight is 337 g/mol. The van der Waals surface area contributed by atoms with E-state index < -0.39 is 0 Å². The van der Waals surface area contributed by atoms with E-state index in [4.69, 9.17) is 4.74 Å². The summed E-state index contributed by atoms with van der Waals surface area (Å²) in [4.78, 5) is 19.1. The van der Waals surface area contributed by atoms with Crippen molar-refractivity contribution in [2.24, 2.45) is 0 Å². The average Bonchev–Trinajstić information content (AvgIpc) is 3.14. The maximum absolute atomic E-state index is 12.6. The van der Waals surface area contributed by atoms with Gasteiger partial charge in [-0.3, -0.25) is 4.79 Å². The fourth-order valence-corrected chi connectivity index (χ4v) is 3.43. The topological polar surface area (TPSA) is 54.5 Å². The van der Waals surface area contributed by atoms with Crippen molar-refractivity contribution in [3.8, 4) is 5.75 Å². The Hall–Kier alpha value is -2.56. The van der Waals surface area contributed by atoms with E-state index in [1.807, 2.05) is 35.2 Å². The van der Waals surface area contributed by atoms with Gasteiger partial charge in [0.2, 0.25) is 0 Å². The van der Waals surface area contributed by atoms with Gasteiger partial charge in [0.15, 0.2) is 0 Å². The van der Waals surface area contributed by atoms with Crippen LogP contribution in [0.15, 0.2) is 36.4 Å². The number of pyridine rings is 1.